The van der Waals surface area contributed by atoms with Gasteiger partial charge in [-0.1, -0.05) is 0 Å². The molecule has 0 radical (unpaired) electrons. The predicted molar refractivity (Wildman–Crippen MR) is 91.9 cm³/mol. The molecule has 2 saturated heterocycles. The van der Waals surface area contributed by atoms with Gasteiger partial charge in [0.1, 0.15) is 0 Å². The van der Waals surface area contributed by atoms with Crippen LogP contribution in [0.5, 0.6) is 5.75 Å². The minimum absolute atomic E-state index is 0. The van der Waals surface area contributed by atoms with Gasteiger partial charge in [0.2, 0.25) is 0 Å². The first-order valence-electron chi connectivity index (χ1n) is 7.92. The summed E-state index contributed by atoms with van der Waals surface area (Å²) in [5, 5.41) is 14.4. The van der Waals surface area contributed by atoms with Crippen molar-refractivity contribution in [2.45, 2.75) is 12.8 Å². The van der Waals surface area contributed by atoms with E-state index in [-0.39, 0.29) is 29.8 Å². The lowest BCUT2D eigenvalue weighted by Gasteiger charge is -2.21. The fourth-order valence-corrected chi connectivity index (χ4v) is 3.57. The van der Waals surface area contributed by atoms with Gasteiger partial charge in [-0.25, -0.2) is 0 Å². The number of carbonyl (C=O) groups excluding carboxylic acids is 1. The maximum Gasteiger partial charge on any atom is 0.310 e. The Bertz CT molecular complexity index is 611. The molecule has 2 aliphatic heterocycles. The van der Waals surface area contributed by atoms with Crippen LogP contribution in [0.2, 0.25) is 0 Å². The molecule has 132 valence electrons. The molecule has 0 aromatic heterocycles. The second-order valence-electron chi connectivity index (χ2n) is 6.19. The highest BCUT2D eigenvalue weighted by atomic mass is 35.5. The lowest BCUT2D eigenvalue weighted by atomic mass is 9.92. The van der Waals surface area contributed by atoms with Crippen LogP contribution < -0.4 is 10.1 Å². The summed E-state index contributed by atoms with van der Waals surface area (Å²) in [6, 6.07) is 4.31. The topological polar surface area (TPSA) is 84.7 Å². The van der Waals surface area contributed by atoms with Crippen molar-refractivity contribution < 1.29 is 14.5 Å². The number of nitro benzene ring substituents is 1. The van der Waals surface area contributed by atoms with Crippen LogP contribution in [0.15, 0.2) is 18.2 Å². The minimum Gasteiger partial charge on any atom is -0.490 e. The standard InChI is InChI=1S/C16H21N3O4.ClH/c1-23-15-8-11(2-3-14(15)19(21)22)16(20)18-6-4-12-9-17-10-13(12)5-7-18;/h2-3,8,12-13,17H,4-7,9-10H2,1H3;1H/t12-,13+;. The Kier molecular flexibility index (Phi) is 6.01. The van der Waals surface area contributed by atoms with Gasteiger partial charge in [-0.3, -0.25) is 14.9 Å². The van der Waals surface area contributed by atoms with E-state index in [0.29, 0.717) is 17.4 Å². The number of amides is 1. The van der Waals surface area contributed by atoms with Crippen LogP contribution >= 0.6 is 12.4 Å². The van der Waals surface area contributed by atoms with E-state index in [4.69, 9.17) is 4.74 Å². The van der Waals surface area contributed by atoms with Crippen molar-refractivity contribution in [3.63, 3.8) is 0 Å². The van der Waals surface area contributed by atoms with E-state index in [1.54, 1.807) is 0 Å². The first kappa shape index (κ1) is 18.5. The van der Waals surface area contributed by atoms with Gasteiger partial charge >= 0.3 is 5.69 Å². The SMILES string of the molecule is COc1cc(C(=O)N2CC[C@@H]3CNC[C@@H]3CC2)ccc1[N+](=O)[O-].Cl. The Morgan fingerprint density at radius 1 is 1.29 bits per heavy atom. The lowest BCUT2D eigenvalue weighted by Crippen LogP contribution is -2.32. The van der Waals surface area contributed by atoms with Crippen LogP contribution in [0, 0.1) is 22.0 Å². The van der Waals surface area contributed by atoms with E-state index in [1.807, 2.05) is 4.90 Å². The molecule has 0 aliphatic carbocycles. The van der Waals surface area contributed by atoms with E-state index in [1.165, 1.54) is 25.3 Å². The van der Waals surface area contributed by atoms with Crippen LogP contribution in [0.3, 0.4) is 0 Å². The number of rotatable bonds is 3. The second kappa shape index (κ2) is 7.81. The van der Waals surface area contributed by atoms with Gasteiger partial charge in [0.15, 0.2) is 5.75 Å². The van der Waals surface area contributed by atoms with E-state index >= 15 is 0 Å². The fourth-order valence-electron chi connectivity index (χ4n) is 3.57. The van der Waals surface area contributed by atoms with Gasteiger partial charge in [0.05, 0.1) is 12.0 Å². The smallest absolute Gasteiger partial charge is 0.310 e. The van der Waals surface area contributed by atoms with Gasteiger partial charge in [0.25, 0.3) is 5.91 Å². The zero-order chi connectivity index (χ0) is 16.4. The number of carbonyl (C=O) groups is 1. The highest BCUT2D eigenvalue weighted by molar-refractivity contribution is 5.95. The van der Waals surface area contributed by atoms with Crippen molar-refractivity contribution in [3.05, 3.63) is 33.9 Å². The Morgan fingerprint density at radius 2 is 1.92 bits per heavy atom. The molecule has 1 N–H and O–H groups in total. The Balaban J connectivity index is 0.00000208. The zero-order valence-electron chi connectivity index (χ0n) is 13.6. The third-order valence-electron chi connectivity index (χ3n) is 4.93. The number of fused-ring (bicyclic) bond motifs is 1. The summed E-state index contributed by atoms with van der Waals surface area (Å²) in [7, 11) is 1.37. The largest absolute Gasteiger partial charge is 0.490 e. The highest BCUT2D eigenvalue weighted by Gasteiger charge is 2.32. The Labute approximate surface area is 146 Å². The molecule has 0 spiro atoms. The molecular formula is C16H22ClN3O4. The number of hydrogen-bond donors (Lipinski definition) is 1. The van der Waals surface area contributed by atoms with Gasteiger partial charge in [0, 0.05) is 30.8 Å². The Morgan fingerprint density at radius 3 is 2.46 bits per heavy atom. The third-order valence-corrected chi connectivity index (χ3v) is 4.93. The second-order valence-corrected chi connectivity index (χ2v) is 6.19. The van der Waals surface area contributed by atoms with Gasteiger partial charge in [-0.15, -0.1) is 12.4 Å². The number of nitro groups is 1. The summed E-state index contributed by atoms with van der Waals surface area (Å²) in [5.41, 5.74) is 0.318. The van der Waals surface area contributed by atoms with Crippen molar-refractivity contribution in [1.82, 2.24) is 10.2 Å². The first-order chi connectivity index (χ1) is 11.1. The summed E-state index contributed by atoms with van der Waals surface area (Å²) in [4.78, 5) is 25.0. The average molecular weight is 356 g/mol. The molecule has 0 bridgehead atoms. The number of ether oxygens (including phenoxy) is 1. The highest BCUT2D eigenvalue weighted by Crippen LogP contribution is 2.30. The predicted octanol–water partition coefficient (Wildman–Crippen LogP) is 2.10. The monoisotopic (exact) mass is 355 g/mol. The number of hydrogen-bond acceptors (Lipinski definition) is 5. The molecule has 1 aromatic rings. The molecule has 1 amide bonds. The van der Waals surface area contributed by atoms with Gasteiger partial charge in [-0.2, -0.15) is 0 Å². The van der Waals surface area contributed by atoms with Crippen LogP contribution in [0.1, 0.15) is 23.2 Å². The van der Waals surface area contributed by atoms with Crippen LogP contribution in [0.4, 0.5) is 5.69 Å². The molecule has 2 atom stereocenters. The maximum absolute atomic E-state index is 12.7. The van der Waals surface area contributed by atoms with Crippen molar-refractivity contribution >= 4 is 24.0 Å². The molecule has 8 heteroatoms. The summed E-state index contributed by atoms with van der Waals surface area (Å²) >= 11 is 0. The van der Waals surface area contributed by atoms with E-state index in [0.717, 1.165) is 39.0 Å². The Hall–Kier alpha value is -1.86. The molecule has 0 saturated carbocycles. The van der Waals surface area contributed by atoms with Gasteiger partial charge < -0.3 is 15.0 Å². The van der Waals surface area contributed by atoms with Crippen molar-refractivity contribution in [2.24, 2.45) is 11.8 Å². The van der Waals surface area contributed by atoms with Gasteiger partial charge in [-0.05, 0) is 43.8 Å². The fraction of sp³-hybridized carbons (Fsp3) is 0.562. The average Bonchev–Trinajstić information content (AvgIpc) is 2.92. The quantitative estimate of drug-likeness (QED) is 0.663. The van der Waals surface area contributed by atoms with E-state index < -0.39 is 4.92 Å². The van der Waals surface area contributed by atoms with E-state index in [9.17, 15) is 14.9 Å². The molecule has 3 rings (SSSR count). The van der Waals surface area contributed by atoms with Crippen LogP contribution in [0.25, 0.3) is 0 Å². The summed E-state index contributed by atoms with van der Waals surface area (Å²) < 4.78 is 5.05. The summed E-state index contributed by atoms with van der Waals surface area (Å²) in [5.74, 6) is 1.35. The van der Waals surface area contributed by atoms with E-state index in [2.05, 4.69) is 5.32 Å². The number of nitrogens with one attached hydrogen (secondary N) is 1. The number of methoxy groups -OCH3 is 1. The molecule has 7 nitrogen and oxygen atoms in total. The molecule has 24 heavy (non-hydrogen) atoms. The third kappa shape index (κ3) is 3.62. The zero-order valence-corrected chi connectivity index (χ0v) is 14.4. The van der Waals surface area contributed by atoms with Crippen molar-refractivity contribution in [2.75, 3.05) is 33.3 Å². The summed E-state index contributed by atoms with van der Waals surface area (Å²) in [6.45, 7) is 3.55. The van der Waals surface area contributed by atoms with Crippen molar-refractivity contribution in [1.29, 1.82) is 0 Å². The van der Waals surface area contributed by atoms with Crippen LogP contribution in [-0.2, 0) is 0 Å². The molecule has 2 aliphatic rings. The maximum atomic E-state index is 12.7. The molecular weight excluding hydrogens is 334 g/mol. The molecule has 2 heterocycles. The molecule has 0 unspecified atom stereocenters. The summed E-state index contributed by atoms with van der Waals surface area (Å²) in [6.07, 6.45) is 2.01. The number of halogens is 1. The molecule has 2 fully saturated rings. The van der Waals surface area contributed by atoms with Crippen molar-refractivity contribution in [3.8, 4) is 5.75 Å². The number of likely N-dealkylation sites (tertiary alicyclic amines) is 1. The van der Waals surface area contributed by atoms with Crippen LogP contribution in [-0.4, -0.2) is 49.0 Å². The number of nitrogens with zero attached hydrogens (tertiary/aromatic N) is 2. The minimum atomic E-state index is -0.507. The first-order valence-corrected chi connectivity index (χ1v) is 7.92. The molecule has 1 aromatic carbocycles. The number of benzene rings is 1. The lowest BCUT2D eigenvalue weighted by molar-refractivity contribution is -0.385. The normalized spacial score (nSPS) is 23.0.